The van der Waals surface area contributed by atoms with Crippen molar-refractivity contribution in [2.75, 3.05) is 0 Å². The zero-order valence-electron chi connectivity index (χ0n) is 12.8. The first-order chi connectivity index (χ1) is 11.4. The second-order valence-electron chi connectivity index (χ2n) is 5.59. The van der Waals surface area contributed by atoms with Crippen LogP contribution in [0.3, 0.4) is 0 Å². The van der Waals surface area contributed by atoms with Crippen LogP contribution in [0.25, 0.3) is 0 Å². The lowest BCUT2D eigenvalue weighted by atomic mass is 9.97. The van der Waals surface area contributed by atoms with Crippen LogP contribution in [-0.4, -0.2) is 26.7 Å². The van der Waals surface area contributed by atoms with Crippen molar-refractivity contribution < 1.29 is 14.5 Å². The Morgan fingerprint density at radius 2 is 2.04 bits per heavy atom. The molecule has 0 spiro atoms. The second-order valence-corrected chi connectivity index (χ2v) is 5.59. The van der Waals surface area contributed by atoms with Crippen molar-refractivity contribution in [2.45, 2.75) is 19.0 Å². The Hall–Kier alpha value is -3.29. The Morgan fingerprint density at radius 3 is 2.71 bits per heavy atom. The first-order valence-electron chi connectivity index (χ1n) is 7.21. The second kappa shape index (κ2) is 5.73. The Bertz CT molecular complexity index is 824. The number of amides is 3. The predicted molar refractivity (Wildman–Crippen MR) is 83.8 cm³/mol. The minimum Gasteiger partial charge on any atom is -0.318 e. The van der Waals surface area contributed by atoms with Gasteiger partial charge in [-0.05, 0) is 24.6 Å². The highest BCUT2D eigenvalue weighted by atomic mass is 16.6. The SMILES string of the molecule is CC1(c2ccccn2)NC(=O)N(Cc2cccc([N+](=O)[O-])c2)C1=O. The van der Waals surface area contributed by atoms with E-state index in [9.17, 15) is 19.7 Å². The molecule has 1 N–H and O–H groups in total. The number of nitro groups is 1. The number of hydrogen-bond acceptors (Lipinski definition) is 5. The Kier molecular flexibility index (Phi) is 3.72. The van der Waals surface area contributed by atoms with Crippen molar-refractivity contribution in [3.63, 3.8) is 0 Å². The van der Waals surface area contributed by atoms with Crippen LogP contribution >= 0.6 is 0 Å². The molecule has 3 amide bonds. The van der Waals surface area contributed by atoms with Gasteiger partial charge >= 0.3 is 6.03 Å². The predicted octanol–water partition coefficient (Wildman–Crippen LogP) is 1.96. The molecule has 1 atom stereocenters. The molecule has 122 valence electrons. The fraction of sp³-hybridized carbons (Fsp3) is 0.188. The molecular formula is C16H14N4O4. The molecule has 8 nitrogen and oxygen atoms in total. The molecule has 1 saturated heterocycles. The largest absolute Gasteiger partial charge is 0.325 e. The van der Waals surface area contributed by atoms with E-state index in [-0.39, 0.29) is 12.2 Å². The number of nitrogens with one attached hydrogen (secondary N) is 1. The van der Waals surface area contributed by atoms with Gasteiger partial charge in [-0.25, -0.2) is 4.79 Å². The lowest BCUT2D eigenvalue weighted by Gasteiger charge is -2.20. The summed E-state index contributed by atoms with van der Waals surface area (Å²) in [6.45, 7) is 1.54. The van der Waals surface area contributed by atoms with Gasteiger partial charge in [0.05, 0.1) is 17.2 Å². The smallest absolute Gasteiger partial charge is 0.318 e. The number of imide groups is 1. The Balaban J connectivity index is 1.88. The monoisotopic (exact) mass is 326 g/mol. The average molecular weight is 326 g/mol. The van der Waals surface area contributed by atoms with Crippen LogP contribution in [0.2, 0.25) is 0 Å². The lowest BCUT2D eigenvalue weighted by Crippen LogP contribution is -2.41. The third-order valence-corrected chi connectivity index (χ3v) is 3.91. The maximum Gasteiger partial charge on any atom is 0.325 e. The molecule has 1 aliphatic rings. The molecule has 1 fully saturated rings. The van der Waals surface area contributed by atoms with E-state index in [2.05, 4.69) is 10.3 Å². The summed E-state index contributed by atoms with van der Waals surface area (Å²) in [4.78, 5) is 40.5. The van der Waals surface area contributed by atoms with Crippen molar-refractivity contribution in [2.24, 2.45) is 0 Å². The summed E-state index contributed by atoms with van der Waals surface area (Å²) in [5.74, 6) is -0.447. The summed E-state index contributed by atoms with van der Waals surface area (Å²) >= 11 is 0. The molecule has 0 aliphatic carbocycles. The van der Waals surface area contributed by atoms with Gasteiger partial charge in [-0.15, -0.1) is 0 Å². The van der Waals surface area contributed by atoms with Crippen molar-refractivity contribution >= 4 is 17.6 Å². The normalized spacial score (nSPS) is 20.1. The summed E-state index contributed by atoms with van der Waals surface area (Å²) in [6, 6.07) is 10.4. The molecule has 1 unspecified atom stereocenters. The molecule has 3 rings (SSSR count). The first-order valence-corrected chi connectivity index (χ1v) is 7.21. The fourth-order valence-electron chi connectivity index (χ4n) is 2.62. The molecule has 0 radical (unpaired) electrons. The highest BCUT2D eigenvalue weighted by Gasteiger charge is 2.49. The number of carbonyl (C=O) groups is 2. The standard InChI is InChI=1S/C16H14N4O4/c1-16(13-7-2-3-8-17-13)14(21)19(15(22)18-16)10-11-5-4-6-12(9-11)20(23)24/h2-9H,10H2,1H3,(H,18,22). The Morgan fingerprint density at radius 1 is 1.25 bits per heavy atom. The van der Waals surface area contributed by atoms with Crippen molar-refractivity contribution in [1.82, 2.24) is 15.2 Å². The molecular weight excluding hydrogens is 312 g/mol. The first kappa shape index (κ1) is 15.6. The molecule has 1 aromatic carbocycles. The average Bonchev–Trinajstić information content (AvgIpc) is 2.80. The minimum absolute atomic E-state index is 0.0469. The van der Waals surface area contributed by atoms with E-state index < -0.39 is 22.4 Å². The summed E-state index contributed by atoms with van der Waals surface area (Å²) in [5.41, 5.74) is -0.408. The van der Waals surface area contributed by atoms with Gasteiger partial charge in [0.15, 0.2) is 5.54 Å². The maximum absolute atomic E-state index is 12.7. The van der Waals surface area contributed by atoms with Gasteiger partial charge in [0.1, 0.15) is 0 Å². The number of urea groups is 1. The number of aromatic nitrogens is 1. The molecule has 0 saturated carbocycles. The number of rotatable bonds is 4. The highest BCUT2D eigenvalue weighted by Crippen LogP contribution is 2.28. The van der Waals surface area contributed by atoms with Crippen LogP contribution in [0.15, 0.2) is 48.7 Å². The van der Waals surface area contributed by atoms with Gasteiger partial charge in [0.25, 0.3) is 11.6 Å². The van der Waals surface area contributed by atoms with Crippen LogP contribution < -0.4 is 5.32 Å². The zero-order valence-corrected chi connectivity index (χ0v) is 12.8. The van der Waals surface area contributed by atoms with Gasteiger partial charge in [0.2, 0.25) is 0 Å². The van der Waals surface area contributed by atoms with Crippen LogP contribution in [-0.2, 0) is 16.9 Å². The van der Waals surface area contributed by atoms with E-state index in [0.29, 0.717) is 11.3 Å². The zero-order chi connectivity index (χ0) is 17.3. The van der Waals surface area contributed by atoms with Crippen LogP contribution in [0.1, 0.15) is 18.2 Å². The van der Waals surface area contributed by atoms with E-state index in [4.69, 9.17) is 0 Å². The molecule has 0 bridgehead atoms. The van der Waals surface area contributed by atoms with E-state index in [1.54, 1.807) is 37.4 Å². The number of carbonyl (C=O) groups excluding carboxylic acids is 2. The van der Waals surface area contributed by atoms with Crippen LogP contribution in [0, 0.1) is 10.1 Å². The number of hydrogen-bond donors (Lipinski definition) is 1. The van der Waals surface area contributed by atoms with E-state index in [1.807, 2.05) is 0 Å². The number of non-ortho nitro benzene ring substituents is 1. The van der Waals surface area contributed by atoms with Gasteiger partial charge in [-0.2, -0.15) is 0 Å². The third-order valence-electron chi connectivity index (χ3n) is 3.91. The summed E-state index contributed by atoms with van der Waals surface area (Å²) in [5, 5.41) is 13.5. The van der Waals surface area contributed by atoms with Crippen molar-refractivity contribution in [3.8, 4) is 0 Å². The Labute approximate surface area is 137 Å². The molecule has 1 aliphatic heterocycles. The molecule has 2 heterocycles. The topological polar surface area (TPSA) is 105 Å². The van der Waals surface area contributed by atoms with E-state index in [0.717, 1.165) is 4.90 Å². The lowest BCUT2D eigenvalue weighted by molar-refractivity contribution is -0.384. The van der Waals surface area contributed by atoms with Crippen LogP contribution in [0.4, 0.5) is 10.5 Å². The maximum atomic E-state index is 12.7. The van der Waals surface area contributed by atoms with Crippen molar-refractivity contribution in [3.05, 3.63) is 70.0 Å². The fourth-order valence-corrected chi connectivity index (χ4v) is 2.62. The molecule has 2 aromatic rings. The molecule has 8 heteroatoms. The number of pyridine rings is 1. The molecule has 24 heavy (non-hydrogen) atoms. The van der Waals surface area contributed by atoms with E-state index >= 15 is 0 Å². The summed E-state index contributed by atoms with van der Waals surface area (Å²) < 4.78 is 0. The van der Waals surface area contributed by atoms with Gasteiger partial charge in [-0.1, -0.05) is 18.2 Å². The highest BCUT2D eigenvalue weighted by molar-refractivity contribution is 6.06. The van der Waals surface area contributed by atoms with E-state index in [1.165, 1.54) is 18.2 Å². The quantitative estimate of drug-likeness (QED) is 0.525. The van der Waals surface area contributed by atoms with Gasteiger partial charge < -0.3 is 5.32 Å². The van der Waals surface area contributed by atoms with Crippen LogP contribution in [0.5, 0.6) is 0 Å². The number of benzene rings is 1. The minimum atomic E-state index is -1.25. The molecule has 1 aromatic heterocycles. The van der Waals surface area contributed by atoms with Gasteiger partial charge in [0, 0.05) is 18.3 Å². The number of nitro benzene ring substituents is 1. The summed E-state index contributed by atoms with van der Waals surface area (Å²) in [6.07, 6.45) is 1.54. The number of nitrogens with zero attached hydrogens (tertiary/aromatic N) is 3. The van der Waals surface area contributed by atoms with Crippen molar-refractivity contribution in [1.29, 1.82) is 0 Å². The van der Waals surface area contributed by atoms with Gasteiger partial charge in [-0.3, -0.25) is 24.8 Å². The summed E-state index contributed by atoms with van der Waals surface area (Å²) in [7, 11) is 0. The third kappa shape index (κ3) is 2.58.